The fourth-order valence-corrected chi connectivity index (χ4v) is 2.16. The van der Waals surface area contributed by atoms with Gasteiger partial charge in [0, 0.05) is 17.7 Å². The lowest BCUT2D eigenvalue weighted by atomic mass is 10.2. The summed E-state index contributed by atoms with van der Waals surface area (Å²) in [5, 5.41) is 22.4. The molecule has 0 unspecified atom stereocenters. The summed E-state index contributed by atoms with van der Waals surface area (Å²) in [5.74, 6) is 0.719. The van der Waals surface area contributed by atoms with Crippen molar-refractivity contribution in [3.63, 3.8) is 0 Å². The molecule has 8 heteroatoms. The maximum Gasteiger partial charge on any atom is 0.269 e. The molecule has 1 N–H and O–H groups in total. The Labute approximate surface area is 136 Å². The summed E-state index contributed by atoms with van der Waals surface area (Å²) >= 11 is 6.14. The average molecular weight is 337 g/mol. The van der Waals surface area contributed by atoms with Gasteiger partial charge in [0.05, 0.1) is 23.3 Å². The van der Waals surface area contributed by atoms with Crippen molar-refractivity contribution in [2.24, 2.45) is 5.16 Å². The molecule has 0 spiro atoms. The highest BCUT2D eigenvalue weighted by Crippen LogP contribution is 2.36. The number of rotatable bonds is 6. The van der Waals surface area contributed by atoms with Gasteiger partial charge in [0.1, 0.15) is 6.61 Å². The van der Waals surface area contributed by atoms with Crippen molar-refractivity contribution in [1.82, 2.24) is 0 Å². The van der Waals surface area contributed by atoms with E-state index >= 15 is 0 Å². The van der Waals surface area contributed by atoms with Crippen LogP contribution in [0, 0.1) is 10.1 Å². The summed E-state index contributed by atoms with van der Waals surface area (Å²) in [6.07, 6.45) is 1.22. The third-order valence-corrected chi connectivity index (χ3v) is 3.27. The van der Waals surface area contributed by atoms with Crippen LogP contribution >= 0.6 is 11.6 Å². The summed E-state index contributed by atoms with van der Waals surface area (Å²) in [4.78, 5) is 10.2. The van der Waals surface area contributed by atoms with Crippen molar-refractivity contribution in [3.8, 4) is 11.5 Å². The Morgan fingerprint density at radius 3 is 2.61 bits per heavy atom. The molecular formula is C15H13ClN2O5. The van der Waals surface area contributed by atoms with E-state index in [4.69, 9.17) is 26.3 Å². The molecule has 0 bridgehead atoms. The Morgan fingerprint density at radius 2 is 2.04 bits per heavy atom. The first-order valence-corrected chi connectivity index (χ1v) is 6.84. The molecule has 2 aromatic carbocycles. The van der Waals surface area contributed by atoms with Crippen molar-refractivity contribution >= 4 is 23.5 Å². The van der Waals surface area contributed by atoms with Crippen LogP contribution < -0.4 is 9.47 Å². The molecule has 0 fully saturated rings. The van der Waals surface area contributed by atoms with E-state index in [1.807, 2.05) is 0 Å². The van der Waals surface area contributed by atoms with Crippen molar-refractivity contribution in [3.05, 3.63) is 62.7 Å². The number of oxime groups is 1. The molecule has 2 rings (SSSR count). The maximum atomic E-state index is 10.6. The van der Waals surface area contributed by atoms with Gasteiger partial charge in [0.25, 0.3) is 5.69 Å². The highest BCUT2D eigenvalue weighted by Gasteiger charge is 2.12. The largest absolute Gasteiger partial charge is 0.493 e. The summed E-state index contributed by atoms with van der Waals surface area (Å²) in [6, 6.07) is 9.18. The first-order chi connectivity index (χ1) is 11.0. The quantitative estimate of drug-likeness (QED) is 0.376. The minimum Gasteiger partial charge on any atom is -0.493 e. The maximum absolute atomic E-state index is 10.6. The van der Waals surface area contributed by atoms with Crippen LogP contribution in [0.3, 0.4) is 0 Å². The standard InChI is InChI=1S/C15H13ClN2O5/c1-22-14-7-11(8-17-19)6-13(16)15(14)23-9-10-2-4-12(5-3-10)18(20)21/h2-8,19H,9H2,1H3/b17-8+. The van der Waals surface area contributed by atoms with Crippen LogP contribution in [0.4, 0.5) is 5.69 Å². The second-order valence-electron chi connectivity index (χ2n) is 4.49. The molecule has 0 aliphatic heterocycles. The Balaban J connectivity index is 2.18. The minimum atomic E-state index is -0.466. The van der Waals surface area contributed by atoms with Crippen LogP contribution in [0.5, 0.6) is 11.5 Å². The molecule has 0 saturated carbocycles. The number of nitrogens with zero attached hydrogens (tertiary/aromatic N) is 2. The molecule has 0 amide bonds. The van der Waals surface area contributed by atoms with Crippen molar-refractivity contribution in [1.29, 1.82) is 0 Å². The molecule has 0 heterocycles. The van der Waals surface area contributed by atoms with Gasteiger partial charge in [0.15, 0.2) is 11.5 Å². The monoisotopic (exact) mass is 336 g/mol. The lowest BCUT2D eigenvalue weighted by molar-refractivity contribution is -0.384. The summed E-state index contributed by atoms with van der Waals surface area (Å²) < 4.78 is 10.9. The van der Waals surface area contributed by atoms with Crippen molar-refractivity contribution < 1.29 is 19.6 Å². The number of non-ortho nitro benzene ring substituents is 1. The Morgan fingerprint density at radius 1 is 1.35 bits per heavy atom. The number of ether oxygens (including phenoxy) is 2. The molecule has 0 radical (unpaired) electrons. The molecule has 0 saturated heterocycles. The van der Waals surface area contributed by atoms with E-state index in [9.17, 15) is 10.1 Å². The van der Waals surface area contributed by atoms with E-state index in [2.05, 4.69) is 5.16 Å². The SMILES string of the molecule is COc1cc(/C=N/O)cc(Cl)c1OCc1ccc([N+](=O)[O-])cc1. The van der Waals surface area contributed by atoms with Crippen molar-refractivity contribution in [2.75, 3.05) is 7.11 Å². The van der Waals surface area contributed by atoms with Gasteiger partial charge >= 0.3 is 0 Å². The Bertz CT molecular complexity index is 731. The number of benzene rings is 2. The lowest BCUT2D eigenvalue weighted by Crippen LogP contribution is -2.00. The van der Waals surface area contributed by atoms with Gasteiger partial charge in [-0.25, -0.2) is 0 Å². The molecule has 120 valence electrons. The fraction of sp³-hybridized carbons (Fsp3) is 0.133. The second kappa shape index (κ2) is 7.46. The lowest BCUT2D eigenvalue weighted by Gasteiger charge is -2.13. The first kappa shape index (κ1) is 16.6. The number of nitro benzene ring substituents is 1. The normalized spacial score (nSPS) is 10.7. The Hall–Kier alpha value is -2.80. The van der Waals surface area contributed by atoms with E-state index < -0.39 is 4.92 Å². The molecular weight excluding hydrogens is 324 g/mol. The fourth-order valence-electron chi connectivity index (χ4n) is 1.89. The summed E-state index contributed by atoms with van der Waals surface area (Å²) in [6.45, 7) is 0.168. The van der Waals surface area contributed by atoms with Gasteiger partial charge in [-0.2, -0.15) is 0 Å². The highest BCUT2D eigenvalue weighted by atomic mass is 35.5. The molecule has 7 nitrogen and oxygen atoms in total. The van der Waals surface area contributed by atoms with Crippen LogP contribution in [0.25, 0.3) is 0 Å². The van der Waals surface area contributed by atoms with Crippen molar-refractivity contribution in [2.45, 2.75) is 6.61 Å². The van der Waals surface area contributed by atoms with Crippen LogP contribution in [-0.2, 0) is 6.61 Å². The average Bonchev–Trinajstić information content (AvgIpc) is 2.54. The zero-order valence-electron chi connectivity index (χ0n) is 12.1. The van der Waals surface area contributed by atoms with Gasteiger partial charge in [-0.05, 0) is 29.8 Å². The van der Waals surface area contributed by atoms with E-state index in [1.54, 1.807) is 24.3 Å². The number of hydrogen-bond donors (Lipinski definition) is 1. The van der Waals surface area contributed by atoms with Gasteiger partial charge in [-0.1, -0.05) is 16.8 Å². The molecule has 0 aliphatic rings. The third kappa shape index (κ3) is 4.10. The number of nitro groups is 1. The van der Waals surface area contributed by atoms with Gasteiger partial charge < -0.3 is 14.7 Å². The van der Waals surface area contributed by atoms with E-state index in [1.165, 1.54) is 25.5 Å². The zero-order valence-corrected chi connectivity index (χ0v) is 12.9. The molecule has 0 atom stereocenters. The van der Waals surface area contributed by atoms with E-state index in [-0.39, 0.29) is 12.3 Å². The molecule has 23 heavy (non-hydrogen) atoms. The number of halogens is 1. The first-order valence-electron chi connectivity index (χ1n) is 6.46. The van der Waals surface area contributed by atoms with Crippen LogP contribution in [-0.4, -0.2) is 23.5 Å². The predicted octanol–water partition coefficient (Wildman–Crippen LogP) is 3.64. The summed E-state index contributed by atoms with van der Waals surface area (Å²) in [7, 11) is 1.46. The minimum absolute atomic E-state index is 0.0111. The topological polar surface area (TPSA) is 94.2 Å². The number of hydrogen-bond acceptors (Lipinski definition) is 6. The molecule has 0 aliphatic carbocycles. The smallest absolute Gasteiger partial charge is 0.269 e. The van der Waals surface area contributed by atoms with Gasteiger partial charge in [-0.15, -0.1) is 0 Å². The van der Waals surface area contributed by atoms with Crippen LogP contribution in [0.1, 0.15) is 11.1 Å². The van der Waals surface area contributed by atoms with Crippen LogP contribution in [0.15, 0.2) is 41.6 Å². The second-order valence-corrected chi connectivity index (χ2v) is 4.90. The van der Waals surface area contributed by atoms with Gasteiger partial charge in [0.2, 0.25) is 0 Å². The van der Waals surface area contributed by atoms with E-state index in [0.717, 1.165) is 5.56 Å². The summed E-state index contributed by atoms with van der Waals surface area (Å²) in [5.41, 5.74) is 1.31. The molecule has 0 aromatic heterocycles. The van der Waals surface area contributed by atoms with Gasteiger partial charge in [-0.3, -0.25) is 10.1 Å². The van der Waals surface area contributed by atoms with Crippen LogP contribution in [0.2, 0.25) is 5.02 Å². The highest BCUT2D eigenvalue weighted by molar-refractivity contribution is 6.32. The predicted molar refractivity (Wildman–Crippen MR) is 84.8 cm³/mol. The molecule has 2 aromatic rings. The van der Waals surface area contributed by atoms with E-state index in [0.29, 0.717) is 22.1 Å². The zero-order chi connectivity index (χ0) is 16.8. The number of methoxy groups -OCH3 is 1. The third-order valence-electron chi connectivity index (χ3n) is 2.99. The Kier molecular flexibility index (Phi) is 5.37.